The summed E-state index contributed by atoms with van der Waals surface area (Å²) in [5.74, 6) is 0.543. The quantitative estimate of drug-likeness (QED) is 0.887. The Balaban J connectivity index is 1.88. The predicted molar refractivity (Wildman–Crippen MR) is 88.2 cm³/mol. The Morgan fingerprint density at radius 3 is 2.71 bits per heavy atom. The number of piperidine rings is 1. The Hall–Kier alpha value is -1.46. The summed E-state index contributed by atoms with van der Waals surface area (Å²) in [5.41, 5.74) is 0.858. The average Bonchev–Trinajstić information content (AvgIpc) is 2.52. The van der Waals surface area contributed by atoms with Gasteiger partial charge in [-0.1, -0.05) is 19.1 Å². The number of nitrogens with zero attached hydrogens (tertiary/aromatic N) is 2. The third-order valence-electron chi connectivity index (χ3n) is 4.48. The largest absolute Gasteiger partial charge is 0.332 e. The minimum Gasteiger partial charge on any atom is -0.332 e. The molecule has 0 aliphatic carbocycles. The van der Waals surface area contributed by atoms with E-state index in [1.54, 1.807) is 4.57 Å². The zero-order valence-electron chi connectivity index (χ0n) is 12.3. The van der Waals surface area contributed by atoms with Crippen LogP contribution in [0.1, 0.15) is 19.8 Å². The molecule has 1 N–H and O–H groups in total. The summed E-state index contributed by atoms with van der Waals surface area (Å²) in [7, 11) is 0. The number of rotatable bonds is 3. The molecule has 1 aliphatic rings. The molecular weight excluding hydrogens is 282 g/mol. The maximum Gasteiger partial charge on any atom is 0.262 e. The molecule has 0 radical (unpaired) electrons. The highest BCUT2D eigenvalue weighted by Crippen LogP contribution is 2.18. The minimum absolute atomic E-state index is 0.0345. The molecule has 1 saturated heterocycles. The molecule has 112 valence electrons. The van der Waals surface area contributed by atoms with Gasteiger partial charge in [-0.2, -0.15) is 0 Å². The second-order valence-electron chi connectivity index (χ2n) is 5.77. The van der Waals surface area contributed by atoms with E-state index >= 15 is 0 Å². The molecule has 0 amide bonds. The third-order valence-corrected chi connectivity index (χ3v) is 4.81. The van der Waals surface area contributed by atoms with Gasteiger partial charge in [0.05, 0.1) is 10.9 Å². The molecule has 1 fully saturated rings. The van der Waals surface area contributed by atoms with Gasteiger partial charge in [0.25, 0.3) is 5.56 Å². The van der Waals surface area contributed by atoms with E-state index in [-0.39, 0.29) is 5.56 Å². The van der Waals surface area contributed by atoms with E-state index in [0.717, 1.165) is 49.9 Å². The highest BCUT2D eigenvalue weighted by atomic mass is 32.1. The molecule has 2 aromatic rings. The normalized spacial score (nSPS) is 17.4. The van der Waals surface area contributed by atoms with Crippen LogP contribution in [0.4, 0.5) is 0 Å². The van der Waals surface area contributed by atoms with Crippen molar-refractivity contribution in [2.45, 2.75) is 26.3 Å². The van der Waals surface area contributed by atoms with Crippen molar-refractivity contribution in [3.63, 3.8) is 0 Å². The SMILES string of the molecule is CCN1CCC(Cn2c(=S)[nH]c3ccccc3c2=O)CC1. The first-order valence-electron chi connectivity index (χ1n) is 7.63. The second kappa shape index (κ2) is 6.12. The van der Waals surface area contributed by atoms with E-state index in [0.29, 0.717) is 10.7 Å². The topological polar surface area (TPSA) is 41.0 Å². The van der Waals surface area contributed by atoms with Crippen LogP contribution in [0.2, 0.25) is 0 Å². The number of aromatic nitrogens is 2. The van der Waals surface area contributed by atoms with Crippen LogP contribution in [0.5, 0.6) is 0 Å². The maximum absolute atomic E-state index is 12.6. The summed E-state index contributed by atoms with van der Waals surface area (Å²) in [4.78, 5) is 18.2. The first-order chi connectivity index (χ1) is 10.2. The van der Waals surface area contributed by atoms with Gasteiger partial charge in [0.1, 0.15) is 0 Å². The van der Waals surface area contributed by atoms with E-state index < -0.39 is 0 Å². The molecule has 1 aliphatic heterocycles. The van der Waals surface area contributed by atoms with Crippen LogP contribution >= 0.6 is 12.2 Å². The molecule has 0 bridgehead atoms. The summed E-state index contributed by atoms with van der Waals surface area (Å²) in [6.07, 6.45) is 2.28. The van der Waals surface area contributed by atoms with Crippen molar-refractivity contribution in [3.05, 3.63) is 39.4 Å². The van der Waals surface area contributed by atoms with Crippen molar-refractivity contribution in [2.75, 3.05) is 19.6 Å². The van der Waals surface area contributed by atoms with Gasteiger partial charge < -0.3 is 9.88 Å². The molecule has 5 heteroatoms. The number of nitrogens with one attached hydrogen (secondary N) is 1. The van der Waals surface area contributed by atoms with Crippen molar-refractivity contribution < 1.29 is 0 Å². The fourth-order valence-electron chi connectivity index (χ4n) is 3.11. The predicted octanol–water partition coefficient (Wildman–Crippen LogP) is 2.79. The summed E-state index contributed by atoms with van der Waals surface area (Å²) >= 11 is 5.38. The molecule has 0 spiro atoms. The standard InChI is InChI=1S/C16H21N3OS/c1-2-18-9-7-12(8-10-18)11-19-15(20)13-5-3-4-6-14(13)17-16(19)21/h3-6,12H,2,7-11H2,1H3,(H,17,21). The van der Waals surface area contributed by atoms with Crippen LogP contribution in [0.3, 0.4) is 0 Å². The summed E-state index contributed by atoms with van der Waals surface area (Å²) < 4.78 is 2.28. The monoisotopic (exact) mass is 303 g/mol. The van der Waals surface area contributed by atoms with Crippen molar-refractivity contribution in [1.29, 1.82) is 0 Å². The van der Waals surface area contributed by atoms with Gasteiger partial charge in [-0.3, -0.25) is 9.36 Å². The molecular formula is C16H21N3OS. The van der Waals surface area contributed by atoms with Crippen LogP contribution in [-0.4, -0.2) is 34.1 Å². The van der Waals surface area contributed by atoms with Crippen LogP contribution in [0.15, 0.2) is 29.1 Å². The molecule has 21 heavy (non-hydrogen) atoms. The smallest absolute Gasteiger partial charge is 0.262 e. The number of hydrogen-bond acceptors (Lipinski definition) is 3. The molecule has 2 heterocycles. The van der Waals surface area contributed by atoms with Crippen molar-refractivity contribution in [2.24, 2.45) is 5.92 Å². The highest BCUT2D eigenvalue weighted by molar-refractivity contribution is 7.71. The van der Waals surface area contributed by atoms with E-state index in [4.69, 9.17) is 12.2 Å². The lowest BCUT2D eigenvalue weighted by Crippen LogP contribution is -2.36. The van der Waals surface area contributed by atoms with Gasteiger partial charge in [-0.15, -0.1) is 0 Å². The summed E-state index contributed by atoms with van der Waals surface area (Å²) in [5, 5.41) is 0.720. The lowest BCUT2D eigenvalue weighted by molar-refractivity contribution is 0.180. The van der Waals surface area contributed by atoms with Gasteiger partial charge in [-0.05, 0) is 62.7 Å². The van der Waals surface area contributed by atoms with Gasteiger partial charge in [0.15, 0.2) is 4.77 Å². The number of H-pyrrole nitrogens is 1. The number of benzene rings is 1. The number of likely N-dealkylation sites (tertiary alicyclic amines) is 1. The van der Waals surface area contributed by atoms with Crippen LogP contribution in [0, 0.1) is 10.7 Å². The Morgan fingerprint density at radius 1 is 1.29 bits per heavy atom. The maximum atomic E-state index is 12.6. The first kappa shape index (κ1) is 14.5. The van der Waals surface area contributed by atoms with Crippen LogP contribution in [0.25, 0.3) is 10.9 Å². The summed E-state index contributed by atoms with van der Waals surface area (Å²) in [6.45, 7) is 6.30. The van der Waals surface area contributed by atoms with Crippen LogP contribution < -0.4 is 5.56 Å². The van der Waals surface area contributed by atoms with Gasteiger partial charge in [-0.25, -0.2) is 0 Å². The number of aromatic amines is 1. The Kier molecular flexibility index (Phi) is 4.22. The van der Waals surface area contributed by atoms with E-state index in [2.05, 4.69) is 16.8 Å². The van der Waals surface area contributed by atoms with Gasteiger partial charge >= 0.3 is 0 Å². The minimum atomic E-state index is 0.0345. The van der Waals surface area contributed by atoms with E-state index in [9.17, 15) is 4.79 Å². The molecule has 0 unspecified atom stereocenters. The van der Waals surface area contributed by atoms with Crippen molar-refractivity contribution in [3.8, 4) is 0 Å². The molecule has 0 atom stereocenters. The zero-order valence-corrected chi connectivity index (χ0v) is 13.2. The second-order valence-corrected chi connectivity index (χ2v) is 6.16. The Morgan fingerprint density at radius 2 is 2.00 bits per heavy atom. The number of hydrogen-bond donors (Lipinski definition) is 1. The fraction of sp³-hybridized carbons (Fsp3) is 0.500. The lowest BCUT2D eigenvalue weighted by atomic mass is 9.97. The van der Waals surface area contributed by atoms with Gasteiger partial charge in [0, 0.05) is 6.54 Å². The Bertz CT molecular complexity index is 741. The Labute approximate surface area is 129 Å². The molecule has 3 rings (SSSR count). The molecule has 1 aromatic carbocycles. The third kappa shape index (κ3) is 2.94. The zero-order chi connectivity index (χ0) is 14.8. The summed E-state index contributed by atoms with van der Waals surface area (Å²) in [6, 6.07) is 7.57. The molecule has 4 nitrogen and oxygen atoms in total. The first-order valence-corrected chi connectivity index (χ1v) is 8.04. The van der Waals surface area contributed by atoms with E-state index in [1.807, 2.05) is 24.3 Å². The lowest BCUT2D eigenvalue weighted by Gasteiger charge is -2.31. The van der Waals surface area contributed by atoms with Gasteiger partial charge in [0.2, 0.25) is 0 Å². The number of para-hydroxylation sites is 1. The number of fused-ring (bicyclic) bond motifs is 1. The van der Waals surface area contributed by atoms with E-state index in [1.165, 1.54) is 0 Å². The van der Waals surface area contributed by atoms with Crippen molar-refractivity contribution in [1.82, 2.24) is 14.5 Å². The highest BCUT2D eigenvalue weighted by Gasteiger charge is 2.19. The molecule has 0 saturated carbocycles. The van der Waals surface area contributed by atoms with Crippen LogP contribution in [-0.2, 0) is 6.54 Å². The fourth-order valence-corrected chi connectivity index (χ4v) is 3.38. The molecule has 1 aromatic heterocycles. The average molecular weight is 303 g/mol. The van der Waals surface area contributed by atoms with Crippen molar-refractivity contribution >= 4 is 23.1 Å².